The smallest absolute Gasteiger partial charge is 0.234 e. The third kappa shape index (κ3) is 1.75. The second-order valence-electron chi connectivity index (χ2n) is 4.84. The highest BCUT2D eigenvalue weighted by atomic mass is 79.9. The molecule has 0 unspecified atom stereocenters. The van der Waals surface area contributed by atoms with Crippen LogP contribution in [0.2, 0.25) is 0 Å². The molecule has 1 spiro atoms. The van der Waals surface area contributed by atoms with Gasteiger partial charge in [0.05, 0.1) is 11.1 Å². The second kappa shape index (κ2) is 4.02. The Morgan fingerprint density at radius 1 is 1.29 bits per heavy atom. The minimum Gasteiger partial charge on any atom is -0.490 e. The Morgan fingerprint density at radius 3 is 2.82 bits per heavy atom. The number of anilines is 1. The molecule has 0 bridgehead atoms. The summed E-state index contributed by atoms with van der Waals surface area (Å²) in [6.07, 6.45) is 4.11. The Labute approximate surface area is 109 Å². The Balaban J connectivity index is 1.99. The number of nitrogens with one attached hydrogen (secondary N) is 1. The molecule has 1 aromatic carbocycles. The summed E-state index contributed by atoms with van der Waals surface area (Å²) in [6.45, 7) is 0.502. The first-order valence-electron chi connectivity index (χ1n) is 5.94. The van der Waals surface area contributed by atoms with Crippen LogP contribution in [0.1, 0.15) is 25.7 Å². The van der Waals surface area contributed by atoms with E-state index >= 15 is 0 Å². The first kappa shape index (κ1) is 11.1. The summed E-state index contributed by atoms with van der Waals surface area (Å²) in [6, 6.07) is 5.73. The number of para-hydroxylation sites is 1. The standard InChI is InChI=1S/C13H14BrNO2/c14-9-4-3-5-10-11(9)15-12(16)13(8-17-10)6-1-2-7-13/h3-5H,1-2,6-8H2,(H,15,16). The van der Waals surface area contributed by atoms with Gasteiger partial charge >= 0.3 is 0 Å². The van der Waals surface area contributed by atoms with Crippen molar-refractivity contribution in [1.29, 1.82) is 0 Å². The minimum absolute atomic E-state index is 0.112. The zero-order valence-corrected chi connectivity index (χ0v) is 11.0. The Hall–Kier alpha value is -1.03. The molecule has 4 heteroatoms. The number of hydrogen-bond donors (Lipinski definition) is 1. The fourth-order valence-electron chi connectivity index (χ4n) is 2.70. The topological polar surface area (TPSA) is 38.3 Å². The summed E-state index contributed by atoms with van der Waals surface area (Å²) in [5, 5.41) is 3.01. The van der Waals surface area contributed by atoms with Gasteiger partial charge in [0.25, 0.3) is 0 Å². The van der Waals surface area contributed by atoms with Gasteiger partial charge in [0.2, 0.25) is 5.91 Å². The van der Waals surface area contributed by atoms with Crippen LogP contribution < -0.4 is 10.1 Å². The number of hydrogen-bond acceptors (Lipinski definition) is 2. The van der Waals surface area contributed by atoms with Gasteiger partial charge in [0.15, 0.2) is 0 Å². The van der Waals surface area contributed by atoms with Gasteiger partial charge in [0.1, 0.15) is 12.4 Å². The maximum Gasteiger partial charge on any atom is 0.234 e. The van der Waals surface area contributed by atoms with Crippen LogP contribution in [0.25, 0.3) is 0 Å². The lowest BCUT2D eigenvalue weighted by molar-refractivity contribution is -0.126. The summed E-state index contributed by atoms with van der Waals surface area (Å²) in [4.78, 5) is 12.3. The predicted octanol–water partition coefficient (Wildman–Crippen LogP) is 3.34. The van der Waals surface area contributed by atoms with Crippen LogP contribution in [0.4, 0.5) is 5.69 Å². The van der Waals surface area contributed by atoms with E-state index in [1.165, 1.54) is 0 Å². The molecule has 1 saturated carbocycles. The van der Waals surface area contributed by atoms with Crippen LogP contribution >= 0.6 is 15.9 Å². The van der Waals surface area contributed by atoms with E-state index in [9.17, 15) is 4.79 Å². The average molecular weight is 296 g/mol. The number of halogens is 1. The van der Waals surface area contributed by atoms with Crippen molar-refractivity contribution in [2.75, 3.05) is 11.9 Å². The maximum absolute atomic E-state index is 12.3. The van der Waals surface area contributed by atoms with Gasteiger partial charge in [-0.25, -0.2) is 0 Å². The van der Waals surface area contributed by atoms with Crippen LogP contribution in [-0.4, -0.2) is 12.5 Å². The fourth-order valence-corrected chi connectivity index (χ4v) is 3.14. The molecule has 1 aliphatic heterocycles. The van der Waals surface area contributed by atoms with Gasteiger partial charge in [-0.1, -0.05) is 18.9 Å². The number of amides is 1. The molecule has 3 nitrogen and oxygen atoms in total. The molecule has 0 saturated heterocycles. The van der Waals surface area contributed by atoms with Crippen molar-refractivity contribution >= 4 is 27.5 Å². The summed E-state index contributed by atoms with van der Waals surface area (Å²) in [5.74, 6) is 0.872. The number of carbonyl (C=O) groups is 1. The van der Waals surface area contributed by atoms with Crippen molar-refractivity contribution in [3.63, 3.8) is 0 Å². The van der Waals surface area contributed by atoms with Crippen molar-refractivity contribution in [1.82, 2.24) is 0 Å². The molecule has 2 aliphatic rings. The predicted molar refractivity (Wildman–Crippen MR) is 69.2 cm³/mol. The quantitative estimate of drug-likeness (QED) is 0.797. The highest BCUT2D eigenvalue weighted by Crippen LogP contribution is 2.44. The van der Waals surface area contributed by atoms with Crippen LogP contribution in [0, 0.1) is 5.41 Å². The van der Waals surface area contributed by atoms with Crippen molar-refractivity contribution in [3.05, 3.63) is 22.7 Å². The molecule has 0 atom stereocenters. The molecule has 90 valence electrons. The molecular weight excluding hydrogens is 282 g/mol. The van der Waals surface area contributed by atoms with E-state index in [2.05, 4.69) is 21.2 Å². The van der Waals surface area contributed by atoms with Gasteiger partial charge in [-0.05, 0) is 40.9 Å². The lowest BCUT2D eigenvalue weighted by Gasteiger charge is -2.23. The molecule has 1 fully saturated rings. The monoisotopic (exact) mass is 295 g/mol. The van der Waals surface area contributed by atoms with Gasteiger partial charge in [0, 0.05) is 4.47 Å². The third-order valence-electron chi connectivity index (χ3n) is 3.76. The molecule has 1 aliphatic carbocycles. The molecule has 17 heavy (non-hydrogen) atoms. The van der Waals surface area contributed by atoms with E-state index in [0.717, 1.165) is 41.6 Å². The molecule has 3 rings (SSSR count). The Bertz CT molecular complexity index is 466. The average Bonchev–Trinajstić information content (AvgIpc) is 2.74. The fraction of sp³-hybridized carbons (Fsp3) is 0.462. The Kier molecular flexibility index (Phi) is 2.62. The molecule has 0 radical (unpaired) electrons. The number of fused-ring (bicyclic) bond motifs is 1. The lowest BCUT2D eigenvalue weighted by atomic mass is 9.86. The minimum atomic E-state index is -0.307. The van der Waals surface area contributed by atoms with E-state index in [4.69, 9.17) is 4.74 Å². The maximum atomic E-state index is 12.3. The molecule has 1 amide bonds. The van der Waals surface area contributed by atoms with Crippen molar-refractivity contribution < 1.29 is 9.53 Å². The van der Waals surface area contributed by atoms with Crippen LogP contribution in [-0.2, 0) is 4.79 Å². The van der Waals surface area contributed by atoms with Gasteiger partial charge in [-0.3, -0.25) is 4.79 Å². The molecule has 1 N–H and O–H groups in total. The SMILES string of the molecule is O=C1Nc2c(Br)cccc2OCC12CCCC2. The van der Waals surface area contributed by atoms with Crippen LogP contribution in [0.15, 0.2) is 22.7 Å². The summed E-state index contributed by atoms with van der Waals surface area (Å²) >= 11 is 3.45. The highest BCUT2D eigenvalue weighted by molar-refractivity contribution is 9.10. The van der Waals surface area contributed by atoms with Gasteiger partial charge in [-0.15, -0.1) is 0 Å². The molecule has 1 heterocycles. The third-order valence-corrected chi connectivity index (χ3v) is 4.42. The zero-order chi connectivity index (χ0) is 11.9. The summed E-state index contributed by atoms with van der Waals surface area (Å²) < 4.78 is 6.70. The number of rotatable bonds is 0. The molecule has 0 aromatic heterocycles. The number of carbonyl (C=O) groups excluding carboxylic acids is 1. The van der Waals surface area contributed by atoms with Gasteiger partial charge < -0.3 is 10.1 Å². The van der Waals surface area contributed by atoms with E-state index < -0.39 is 0 Å². The van der Waals surface area contributed by atoms with Crippen LogP contribution in [0.3, 0.4) is 0 Å². The number of ether oxygens (including phenoxy) is 1. The van der Waals surface area contributed by atoms with E-state index in [-0.39, 0.29) is 11.3 Å². The second-order valence-corrected chi connectivity index (χ2v) is 5.70. The largest absolute Gasteiger partial charge is 0.490 e. The number of benzene rings is 1. The molecular formula is C13H14BrNO2. The van der Waals surface area contributed by atoms with E-state index in [1.54, 1.807) is 0 Å². The normalized spacial score (nSPS) is 21.6. The Morgan fingerprint density at radius 2 is 2.06 bits per heavy atom. The summed E-state index contributed by atoms with van der Waals surface area (Å²) in [7, 11) is 0. The van der Waals surface area contributed by atoms with Crippen molar-refractivity contribution in [2.45, 2.75) is 25.7 Å². The first-order valence-corrected chi connectivity index (χ1v) is 6.73. The van der Waals surface area contributed by atoms with Gasteiger partial charge in [-0.2, -0.15) is 0 Å². The highest BCUT2D eigenvalue weighted by Gasteiger charge is 2.44. The zero-order valence-electron chi connectivity index (χ0n) is 9.46. The van der Waals surface area contributed by atoms with Crippen molar-refractivity contribution in [3.8, 4) is 5.75 Å². The molecule has 1 aromatic rings. The first-order chi connectivity index (χ1) is 8.21. The lowest BCUT2D eigenvalue weighted by Crippen LogP contribution is -2.37. The van der Waals surface area contributed by atoms with Crippen molar-refractivity contribution in [2.24, 2.45) is 5.41 Å². The van der Waals surface area contributed by atoms with E-state index in [0.29, 0.717) is 6.61 Å². The van der Waals surface area contributed by atoms with Crippen LogP contribution in [0.5, 0.6) is 5.75 Å². The van der Waals surface area contributed by atoms with E-state index in [1.807, 2.05) is 18.2 Å². The summed E-state index contributed by atoms with van der Waals surface area (Å²) in [5.41, 5.74) is 0.458.